The fraction of sp³-hybridized carbons (Fsp3) is 0.719. The highest BCUT2D eigenvalue weighted by atomic mass is 16.5. The number of ether oxygens (including phenoxy) is 1. The fourth-order valence-corrected chi connectivity index (χ4v) is 9.13. The van der Waals surface area contributed by atoms with Crippen LogP contribution in [0.4, 0.5) is 0 Å². The van der Waals surface area contributed by atoms with Crippen LogP contribution in [0.5, 0.6) is 0 Å². The van der Waals surface area contributed by atoms with Crippen molar-refractivity contribution in [1.82, 2.24) is 0 Å². The van der Waals surface area contributed by atoms with Gasteiger partial charge in [0.05, 0.1) is 17.6 Å². The molecule has 0 amide bonds. The molecule has 9 heteroatoms. The number of aliphatic hydroxyl groups is 2. The maximum absolute atomic E-state index is 14.6. The van der Waals surface area contributed by atoms with Gasteiger partial charge in [0.15, 0.2) is 11.9 Å². The van der Waals surface area contributed by atoms with Gasteiger partial charge in [0.2, 0.25) is 5.78 Å². The van der Waals surface area contributed by atoms with Crippen molar-refractivity contribution < 1.29 is 44.0 Å². The number of carboxylic acid groups (broad SMARTS) is 1. The van der Waals surface area contributed by atoms with Gasteiger partial charge in [-0.1, -0.05) is 34.6 Å². The van der Waals surface area contributed by atoms with E-state index in [0.717, 1.165) is 0 Å². The fourth-order valence-electron chi connectivity index (χ4n) is 9.13. The summed E-state index contributed by atoms with van der Waals surface area (Å²) < 4.78 is 5.81. The zero-order chi connectivity index (χ0) is 31.0. The predicted molar refractivity (Wildman–Crippen MR) is 148 cm³/mol. The van der Waals surface area contributed by atoms with E-state index in [2.05, 4.69) is 0 Å². The van der Waals surface area contributed by atoms with Crippen LogP contribution in [0.3, 0.4) is 0 Å². The van der Waals surface area contributed by atoms with Crippen molar-refractivity contribution in [2.45, 2.75) is 106 Å². The van der Waals surface area contributed by atoms with Gasteiger partial charge in [-0.25, -0.2) is 4.79 Å². The second kappa shape index (κ2) is 9.97. The van der Waals surface area contributed by atoms with Gasteiger partial charge >= 0.3 is 11.9 Å². The highest BCUT2D eigenvalue weighted by molar-refractivity contribution is 6.18. The van der Waals surface area contributed by atoms with Gasteiger partial charge in [-0.3, -0.25) is 19.2 Å². The van der Waals surface area contributed by atoms with Crippen molar-refractivity contribution in [2.75, 3.05) is 0 Å². The van der Waals surface area contributed by atoms with Gasteiger partial charge in [-0.05, 0) is 62.4 Å². The van der Waals surface area contributed by atoms with E-state index < -0.39 is 69.5 Å². The number of hydrogen-bond acceptors (Lipinski definition) is 8. The number of carboxylic acids is 1. The van der Waals surface area contributed by atoms with E-state index in [9.17, 15) is 39.3 Å². The number of carbonyl (C=O) groups is 5. The minimum Gasteiger partial charge on any atom is -0.478 e. The molecule has 0 bridgehead atoms. The molecule has 0 aliphatic heterocycles. The van der Waals surface area contributed by atoms with Gasteiger partial charge in [0, 0.05) is 47.3 Å². The van der Waals surface area contributed by atoms with Gasteiger partial charge < -0.3 is 20.1 Å². The minimum atomic E-state index is -1.42. The topological polar surface area (TPSA) is 155 Å². The smallest absolute Gasteiger partial charge is 0.331 e. The molecule has 226 valence electrons. The molecule has 0 saturated heterocycles. The van der Waals surface area contributed by atoms with Crippen LogP contribution >= 0.6 is 0 Å². The third-order valence-corrected chi connectivity index (χ3v) is 11.7. The van der Waals surface area contributed by atoms with E-state index in [1.165, 1.54) is 19.9 Å². The zero-order valence-corrected chi connectivity index (χ0v) is 25.4. The Labute approximate surface area is 241 Å². The zero-order valence-electron chi connectivity index (χ0n) is 25.4. The number of rotatable bonds is 6. The highest BCUT2D eigenvalue weighted by Gasteiger charge is 2.74. The lowest BCUT2D eigenvalue weighted by atomic mass is 9.42. The molecule has 0 heterocycles. The van der Waals surface area contributed by atoms with Crippen LogP contribution < -0.4 is 0 Å². The molecule has 2 saturated carbocycles. The first-order valence-corrected chi connectivity index (χ1v) is 14.6. The molecule has 3 N–H and O–H groups in total. The molecule has 2 fully saturated rings. The van der Waals surface area contributed by atoms with Crippen LogP contribution in [0, 0.1) is 39.4 Å². The second-order valence-electron chi connectivity index (χ2n) is 14.2. The van der Waals surface area contributed by atoms with Crippen molar-refractivity contribution >= 4 is 29.3 Å². The molecule has 0 aromatic heterocycles. The summed E-state index contributed by atoms with van der Waals surface area (Å²) in [7, 11) is 0. The SMILES string of the molecule is CC(=O)O[C@@H]1C(=O)C2=C(C(=O)C[C@@H]3C(C)(C)[C@@H](O)CC[C@]23C)[C@]2(C)C(=O)C[C@H]([C@H](C)C[C@H](O)/C=C(\C)C(=O)O)[C@@]12C. The average Bonchev–Trinajstić information content (AvgIpc) is 3.07. The van der Waals surface area contributed by atoms with Gasteiger partial charge in [0.25, 0.3) is 0 Å². The molecule has 9 atom stereocenters. The Bertz CT molecular complexity index is 1270. The molecule has 0 unspecified atom stereocenters. The predicted octanol–water partition coefficient (Wildman–Crippen LogP) is 3.59. The Kier molecular flexibility index (Phi) is 7.61. The van der Waals surface area contributed by atoms with Crippen molar-refractivity contribution in [3.63, 3.8) is 0 Å². The number of carbonyl (C=O) groups excluding carboxylic acids is 4. The van der Waals surface area contributed by atoms with E-state index in [4.69, 9.17) is 4.74 Å². The Morgan fingerprint density at radius 3 is 2.22 bits per heavy atom. The molecule has 4 aliphatic carbocycles. The maximum Gasteiger partial charge on any atom is 0.331 e. The lowest BCUT2D eigenvalue weighted by Crippen LogP contribution is -2.65. The third-order valence-electron chi connectivity index (χ3n) is 11.7. The van der Waals surface area contributed by atoms with Crippen molar-refractivity contribution in [2.24, 2.45) is 39.4 Å². The summed E-state index contributed by atoms with van der Waals surface area (Å²) in [6.07, 6.45) is -0.727. The minimum absolute atomic E-state index is 0.0141. The molecule has 0 radical (unpaired) electrons. The van der Waals surface area contributed by atoms with Crippen molar-refractivity contribution in [3.05, 3.63) is 22.8 Å². The third kappa shape index (κ3) is 4.29. The molecule has 0 aromatic rings. The summed E-state index contributed by atoms with van der Waals surface area (Å²) in [5, 5.41) is 30.7. The van der Waals surface area contributed by atoms with Crippen LogP contribution in [-0.2, 0) is 28.7 Å². The Balaban J connectivity index is 1.90. The number of allylic oxidation sites excluding steroid dienone is 1. The molecule has 0 spiro atoms. The molecule has 4 aliphatic rings. The number of hydrogen-bond donors (Lipinski definition) is 3. The van der Waals surface area contributed by atoms with Crippen LogP contribution in [-0.4, -0.2) is 62.9 Å². The quantitative estimate of drug-likeness (QED) is 0.320. The largest absolute Gasteiger partial charge is 0.478 e. The van der Waals surface area contributed by atoms with Crippen LogP contribution in [0.15, 0.2) is 22.8 Å². The van der Waals surface area contributed by atoms with Crippen LogP contribution in [0.25, 0.3) is 0 Å². The normalized spacial score (nSPS) is 40.0. The van der Waals surface area contributed by atoms with E-state index in [1.54, 1.807) is 13.8 Å². The lowest BCUT2D eigenvalue weighted by molar-refractivity contribution is -0.176. The first-order valence-electron chi connectivity index (χ1n) is 14.6. The van der Waals surface area contributed by atoms with E-state index in [0.29, 0.717) is 12.8 Å². The standard InChI is InChI=1S/C32H44O9/c1-15(11-18(34)12-16(2)28(39)40)19-13-23(37)32(8)24-20(35)14-21-29(4,5)22(36)9-10-30(21,6)25(24)26(38)27(31(19,32)7)41-17(3)33/h12,15,18-19,21-22,27,34,36H,9-11,13-14H2,1-8H3,(H,39,40)/b16-12+/t15-,18+,19-,21-,22+,27-,30+,31+,32+/m1/s1. The first-order chi connectivity index (χ1) is 18.8. The first kappa shape index (κ1) is 31.3. The summed E-state index contributed by atoms with van der Waals surface area (Å²) in [4.78, 5) is 66.6. The highest BCUT2D eigenvalue weighted by Crippen LogP contribution is 2.70. The summed E-state index contributed by atoms with van der Waals surface area (Å²) in [5.74, 6) is -4.06. The number of esters is 1. The number of aliphatic carboxylic acids is 1. The molecule has 4 rings (SSSR count). The Morgan fingerprint density at radius 2 is 1.66 bits per heavy atom. The van der Waals surface area contributed by atoms with Crippen molar-refractivity contribution in [3.8, 4) is 0 Å². The number of Topliss-reactive ketones (excluding diaryl/α,β-unsaturated/α-hetero) is 3. The number of ketones is 3. The Morgan fingerprint density at radius 1 is 1.05 bits per heavy atom. The maximum atomic E-state index is 14.6. The van der Waals surface area contributed by atoms with Gasteiger partial charge in [-0.2, -0.15) is 0 Å². The molecule has 0 aromatic carbocycles. The lowest BCUT2D eigenvalue weighted by Gasteiger charge is -2.61. The van der Waals surface area contributed by atoms with Crippen LogP contribution in [0.2, 0.25) is 0 Å². The monoisotopic (exact) mass is 572 g/mol. The van der Waals surface area contributed by atoms with Crippen LogP contribution in [0.1, 0.15) is 87.5 Å². The summed E-state index contributed by atoms with van der Waals surface area (Å²) in [5.41, 5.74) is -3.68. The second-order valence-corrected chi connectivity index (χ2v) is 14.2. The summed E-state index contributed by atoms with van der Waals surface area (Å²) >= 11 is 0. The van der Waals surface area contributed by atoms with Crippen molar-refractivity contribution in [1.29, 1.82) is 0 Å². The molecular weight excluding hydrogens is 528 g/mol. The van der Waals surface area contributed by atoms with Gasteiger partial charge in [-0.15, -0.1) is 0 Å². The summed E-state index contributed by atoms with van der Waals surface area (Å²) in [6.45, 7) is 13.6. The number of fused-ring (bicyclic) bond motifs is 4. The molecule has 9 nitrogen and oxygen atoms in total. The number of aliphatic hydroxyl groups excluding tert-OH is 2. The van der Waals surface area contributed by atoms with E-state index in [-0.39, 0.29) is 53.5 Å². The average molecular weight is 573 g/mol. The van der Waals surface area contributed by atoms with E-state index >= 15 is 0 Å². The Hall–Kier alpha value is -2.65. The van der Waals surface area contributed by atoms with Gasteiger partial charge in [0.1, 0.15) is 5.78 Å². The van der Waals surface area contributed by atoms with E-state index in [1.807, 2.05) is 27.7 Å². The molecular formula is C32H44O9. The molecule has 41 heavy (non-hydrogen) atoms. The summed E-state index contributed by atoms with van der Waals surface area (Å²) in [6, 6.07) is 0.